The number of nitrogens with one attached hydrogen (secondary N) is 2. The lowest BCUT2D eigenvalue weighted by Crippen LogP contribution is -2.40. The summed E-state index contributed by atoms with van der Waals surface area (Å²) in [5, 5.41) is 3.08. The number of fused-ring (bicyclic) bond motifs is 2. The van der Waals surface area contributed by atoms with Crippen LogP contribution >= 0.6 is 0 Å². The van der Waals surface area contributed by atoms with Gasteiger partial charge in [0.05, 0.1) is 5.56 Å². The third-order valence-corrected chi connectivity index (χ3v) is 4.84. The summed E-state index contributed by atoms with van der Waals surface area (Å²) < 4.78 is 0. The Balaban J connectivity index is 1.63. The fourth-order valence-corrected chi connectivity index (χ4v) is 3.86. The number of H-pyrrole nitrogens is 1. The number of amides is 1. The van der Waals surface area contributed by atoms with Crippen molar-refractivity contribution in [1.82, 2.24) is 10.3 Å². The molecule has 2 saturated carbocycles. The molecule has 4 heteroatoms. The fourth-order valence-electron chi connectivity index (χ4n) is 3.86. The topological polar surface area (TPSA) is 62.0 Å². The number of pyridine rings is 1. The average Bonchev–Trinajstić information content (AvgIpc) is 3.01. The Labute approximate surface area is 112 Å². The molecule has 0 aliphatic heterocycles. The van der Waals surface area contributed by atoms with Crippen molar-refractivity contribution in [3.05, 3.63) is 34.2 Å². The molecule has 3 rings (SSSR count). The van der Waals surface area contributed by atoms with Crippen molar-refractivity contribution in [1.29, 1.82) is 0 Å². The second-order valence-corrected chi connectivity index (χ2v) is 6.04. The van der Waals surface area contributed by atoms with Crippen molar-refractivity contribution in [2.45, 2.75) is 38.6 Å². The molecule has 0 unspecified atom stereocenters. The molecule has 0 radical (unpaired) electrons. The first-order valence-electron chi connectivity index (χ1n) is 7.13. The summed E-state index contributed by atoms with van der Waals surface area (Å²) in [5.41, 5.74) is 0.340. The third-order valence-electron chi connectivity index (χ3n) is 4.84. The van der Waals surface area contributed by atoms with Gasteiger partial charge in [-0.3, -0.25) is 9.59 Å². The predicted octanol–water partition coefficient (Wildman–Crippen LogP) is 1.93. The first-order chi connectivity index (χ1) is 9.13. The summed E-state index contributed by atoms with van der Waals surface area (Å²) >= 11 is 0. The molecule has 2 aliphatic carbocycles. The van der Waals surface area contributed by atoms with Crippen LogP contribution in [0.1, 0.15) is 43.0 Å². The van der Waals surface area contributed by atoms with Crippen LogP contribution in [0.4, 0.5) is 0 Å². The second kappa shape index (κ2) is 4.83. The van der Waals surface area contributed by atoms with E-state index in [1.54, 1.807) is 6.07 Å². The van der Waals surface area contributed by atoms with E-state index in [2.05, 4.69) is 17.2 Å². The average molecular weight is 260 g/mol. The third kappa shape index (κ3) is 2.44. The van der Waals surface area contributed by atoms with Gasteiger partial charge in [0.1, 0.15) is 0 Å². The quantitative estimate of drug-likeness (QED) is 0.872. The van der Waals surface area contributed by atoms with E-state index in [9.17, 15) is 9.59 Å². The maximum Gasteiger partial charge on any atom is 0.252 e. The molecule has 4 nitrogen and oxygen atoms in total. The van der Waals surface area contributed by atoms with Gasteiger partial charge >= 0.3 is 0 Å². The van der Waals surface area contributed by atoms with Crippen LogP contribution in [0.25, 0.3) is 0 Å². The molecule has 2 aliphatic rings. The largest absolute Gasteiger partial charge is 0.349 e. The molecular weight excluding hydrogens is 240 g/mol. The van der Waals surface area contributed by atoms with Crippen molar-refractivity contribution in [2.75, 3.05) is 0 Å². The molecule has 2 bridgehead atoms. The summed E-state index contributed by atoms with van der Waals surface area (Å²) in [6.07, 6.45) is 6.79. The first-order valence-corrected chi connectivity index (χ1v) is 7.13. The molecule has 0 saturated heterocycles. The van der Waals surface area contributed by atoms with Gasteiger partial charge in [-0.2, -0.15) is 0 Å². The minimum Gasteiger partial charge on any atom is -0.349 e. The van der Waals surface area contributed by atoms with Crippen molar-refractivity contribution < 1.29 is 4.79 Å². The highest BCUT2D eigenvalue weighted by Gasteiger charge is 2.42. The molecule has 19 heavy (non-hydrogen) atoms. The minimum absolute atomic E-state index is 0.0912. The van der Waals surface area contributed by atoms with Crippen LogP contribution in [-0.2, 0) is 0 Å². The molecule has 0 spiro atoms. The number of rotatable bonds is 3. The van der Waals surface area contributed by atoms with Gasteiger partial charge in [-0.15, -0.1) is 0 Å². The lowest BCUT2D eigenvalue weighted by molar-refractivity contribution is 0.0915. The van der Waals surface area contributed by atoms with Crippen molar-refractivity contribution in [3.63, 3.8) is 0 Å². The minimum atomic E-state index is -0.183. The molecule has 1 amide bonds. The molecule has 2 fully saturated rings. The number of carbonyl (C=O) groups excluding carboxylic acids is 1. The Bertz CT molecular complexity index is 517. The summed E-state index contributed by atoms with van der Waals surface area (Å²) in [4.78, 5) is 25.6. The Morgan fingerprint density at radius 2 is 2.21 bits per heavy atom. The van der Waals surface area contributed by atoms with Crippen LogP contribution in [0, 0.1) is 17.8 Å². The number of hydrogen-bond acceptors (Lipinski definition) is 2. The molecule has 1 aromatic heterocycles. The van der Waals surface area contributed by atoms with Gasteiger partial charge in [-0.1, -0.05) is 6.42 Å². The highest BCUT2D eigenvalue weighted by molar-refractivity contribution is 5.93. The van der Waals surface area contributed by atoms with Crippen LogP contribution in [0.2, 0.25) is 0 Å². The van der Waals surface area contributed by atoms with Crippen LogP contribution in [0.15, 0.2) is 23.1 Å². The fraction of sp³-hybridized carbons (Fsp3) is 0.600. The number of aromatic nitrogens is 1. The summed E-state index contributed by atoms with van der Waals surface area (Å²) in [7, 11) is 0. The second-order valence-electron chi connectivity index (χ2n) is 6.04. The maximum atomic E-state index is 12.1. The van der Waals surface area contributed by atoms with Gasteiger partial charge in [-0.25, -0.2) is 0 Å². The van der Waals surface area contributed by atoms with Crippen LogP contribution in [-0.4, -0.2) is 16.9 Å². The normalized spacial score (nSPS) is 30.3. The summed E-state index contributed by atoms with van der Waals surface area (Å²) in [6.45, 7) is 2.11. The van der Waals surface area contributed by atoms with Gasteiger partial charge in [0.2, 0.25) is 5.56 Å². The SMILES string of the molecule is C[C@H](NC(=O)c1ccc(=O)[nH]c1)[C@H]1C[C@@H]2CC[C@@H]1C2. The van der Waals surface area contributed by atoms with E-state index in [4.69, 9.17) is 0 Å². The predicted molar refractivity (Wildman–Crippen MR) is 72.9 cm³/mol. The van der Waals surface area contributed by atoms with E-state index in [0.717, 1.165) is 11.8 Å². The molecule has 1 aromatic rings. The monoisotopic (exact) mass is 260 g/mol. The van der Waals surface area contributed by atoms with E-state index in [-0.39, 0.29) is 17.5 Å². The Morgan fingerprint density at radius 1 is 1.37 bits per heavy atom. The van der Waals surface area contributed by atoms with Crippen LogP contribution in [0.3, 0.4) is 0 Å². The van der Waals surface area contributed by atoms with E-state index < -0.39 is 0 Å². The smallest absolute Gasteiger partial charge is 0.252 e. The summed E-state index contributed by atoms with van der Waals surface area (Å²) in [5.74, 6) is 2.23. The molecular formula is C15H20N2O2. The standard InChI is InChI=1S/C15H20N2O2/c1-9(13-7-10-2-3-11(13)6-10)17-15(19)12-4-5-14(18)16-8-12/h4-5,8-11,13H,2-3,6-7H2,1H3,(H,16,18)(H,17,19)/t9-,10+,11+,13+/m0/s1. The van der Waals surface area contributed by atoms with Crippen LogP contribution < -0.4 is 10.9 Å². The van der Waals surface area contributed by atoms with E-state index in [0.29, 0.717) is 11.5 Å². The van der Waals surface area contributed by atoms with Gasteiger partial charge in [0, 0.05) is 18.3 Å². The molecule has 102 valence electrons. The Kier molecular flexibility index (Phi) is 3.17. The highest BCUT2D eigenvalue weighted by Crippen LogP contribution is 2.49. The zero-order valence-electron chi connectivity index (χ0n) is 11.2. The summed E-state index contributed by atoms with van der Waals surface area (Å²) in [6, 6.07) is 3.17. The maximum absolute atomic E-state index is 12.1. The lowest BCUT2D eigenvalue weighted by Gasteiger charge is -2.28. The highest BCUT2D eigenvalue weighted by atomic mass is 16.2. The van der Waals surface area contributed by atoms with Crippen LogP contribution in [0.5, 0.6) is 0 Å². The van der Waals surface area contributed by atoms with E-state index in [1.165, 1.54) is 37.9 Å². The van der Waals surface area contributed by atoms with Crippen molar-refractivity contribution in [2.24, 2.45) is 17.8 Å². The van der Waals surface area contributed by atoms with E-state index >= 15 is 0 Å². The van der Waals surface area contributed by atoms with Gasteiger partial charge < -0.3 is 10.3 Å². The van der Waals surface area contributed by atoms with Gasteiger partial charge in [0.15, 0.2) is 0 Å². The number of hydrogen-bond donors (Lipinski definition) is 2. The van der Waals surface area contributed by atoms with Gasteiger partial charge in [0.25, 0.3) is 5.91 Å². The lowest BCUT2D eigenvalue weighted by atomic mass is 9.84. The Hall–Kier alpha value is -1.58. The van der Waals surface area contributed by atoms with Crippen molar-refractivity contribution >= 4 is 5.91 Å². The Morgan fingerprint density at radius 3 is 2.79 bits per heavy atom. The number of carbonyl (C=O) groups is 1. The first kappa shape index (κ1) is 12.5. The number of aromatic amines is 1. The van der Waals surface area contributed by atoms with E-state index in [1.807, 2.05) is 0 Å². The molecule has 0 aromatic carbocycles. The zero-order valence-corrected chi connectivity index (χ0v) is 11.2. The molecule has 1 heterocycles. The van der Waals surface area contributed by atoms with Gasteiger partial charge in [-0.05, 0) is 50.0 Å². The zero-order chi connectivity index (χ0) is 13.4. The molecule has 4 atom stereocenters. The van der Waals surface area contributed by atoms with Crippen molar-refractivity contribution in [3.8, 4) is 0 Å². The molecule has 2 N–H and O–H groups in total.